The lowest BCUT2D eigenvalue weighted by Crippen LogP contribution is -2.48. The van der Waals surface area contributed by atoms with E-state index in [9.17, 15) is 14.4 Å². The summed E-state index contributed by atoms with van der Waals surface area (Å²) in [5, 5.41) is 5.98. The van der Waals surface area contributed by atoms with Gasteiger partial charge in [-0.1, -0.05) is 50.1 Å². The lowest BCUT2D eigenvalue weighted by Gasteiger charge is -2.21. The van der Waals surface area contributed by atoms with E-state index in [0.29, 0.717) is 48.3 Å². The quantitative estimate of drug-likeness (QED) is 0.302. The van der Waals surface area contributed by atoms with Crippen LogP contribution in [0.25, 0.3) is 11.0 Å². The average Bonchev–Trinajstić information content (AvgIpc) is 3.45. The lowest BCUT2D eigenvalue weighted by atomic mass is 9.99. The number of benzene rings is 2. The molecule has 1 aliphatic heterocycles. The molecule has 3 aromatic rings. The van der Waals surface area contributed by atoms with Crippen LogP contribution in [-0.4, -0.2) is 64.7 Å². The number of fused-ring (bicyclic) bond motifs is 1. The zero-order valence-corrected chi connectivity index (χ0v) is 22.8. The summed E-state index contributed by atoms with van der Waals surface area (Å²) >= 11 is 0. The monoisotopic (exact) mass is 529 g/mol. The van der Waals surface area contributed by atoms with Crippen LogP contribution in [0.15, 0.2) is 60.9 Å². The second-order valence-corrected chi connectivity index (χ2v) is 10.3. The van der Waals surface area contributed by atoms with E-state index < -0.39 is 6.04 Å². The van der Waals surface area contributed by atoms with Gasteiger partial charge < -0.3 is 15.5 Å². The van der Waals surface area contributed by atoms with Gasteiger partial charge in [0.2, 0.25) is 5.91 Å². The van der Waals surface area contributed by atoms with Crippen molar-refractivity contribution in [2.45, 2.75) is 63.8 Å². The van der Waals surface area contributed by atoms with Gasteiger partial charge >= 0.3 is 0 Å². The smallest absolute Gasteiger partial charge is 0.252 e. The van der Waals surface area contributed by atoms with Gasteiger partial charge in [-0.05, 0) is 55.5 Å². The van der Waals surface area contributed by atoms with E-state index in [0.717, 1.165) is 45.3 Å². The molecule has 0 saturated carbocycles. The molecule has 2 atom stereocenters. The molecule has 1 aliphatic rings. The third-order valence-corrected chi connectivity index (χ3v) is 7.47. The maximum Gasteiger partial charge on any atom is 0.252 e. The van der Waals surface area contributed by atoms with Crippen LogP contribution in [-0.2, 0) is 9.59 Å². The summed E-state index contributed by atoms with van der Waals surface area (Å²) in [5.74, 6) is 0.301. The number of hydrogen-bond donors (Lipinski definition) is 2. The number of unbranched alkanes of at least 4 members (excludes halogenated alkanes) is 2. The summed E-state index contributed by atoms with van der Waals surface area (Å²) in [6.07, 6.45) is 8.35. The van der Waals surface area contributed by atoms with Crippen molar-refractivity contribution in [2.24, 2.45) is 0 Å². The molecule has 206 valence electrons. The van der Waals surface area contributed by atoms with Crippen molar-refractivity contribution in [3.8, 4) is 0 Å². The third kappa shape index (κ3) is 8.42. The molecule has 1 unspecified atom stereocenters. The van der Waals surface area contributed by atoms with E-state index in [-0.39, 0.29) is 17.6 Å². The van der Waals surface area contributed by atoms with E-state index in [4.69, 9.17) is 0 Å². The first-order valence-electron chi connectivity index (χ1n) is 14.1. The molecule has 2 heterocycles. The van der Waals surface area contributed by atoms with Gasteiger partial charge in [0.25, 0.3) is 5.91 Å². The van der Waals surface area contributed by atoms with E-state index in [2.05, 4.69) is 49.8 Å². The summed E-state index contributed by atoms with van der Waals surface area (Å²) in [4.78, 5) is 48.8. The van der Waals surface area contributed by atoms with Gasteiger partial charge in [0.05, 0.1) is 11.0 Å². The largest absolute Gasteiger partial charge is 0.353 e. The summed E-state index contributed by atoms with van der Waals surface area (Å²) in [5.41, 5.74) is 3.15. The van der Waals surface area contributed by atoms with E-state index >= 15 is 0 Å². The van der Waals surface area contributed by atoms with Gasteiger partial charge in [-0.2, -0.15) is 0 Å². The van der Waals surface area contributed by atoms with Crippen LogP contribution in [0, 0.1) is 0 Å². The molecule has 1 saturated heterocycles. The van der Waals surface area contributed by atoms with Crippen LogP contribution in [0.4, 0.5) is 0 Å². The Morgan fingerprint density at radius 1 is 1.00 bits per heavy atom. The van der Waals surface area contributed by atoms with Gasteiger partial charge in [-0.3, -0.25) is 24.4 Å². The number of carbonyl (C=O) groups is 3. The van der Waals surface area contributed by atoms with Crippen molar-refractivity contribution in [3.05, 3.63) is 72.1 Å². The Hall–Kier alpha value is -3.65. The molecular formula is C31H39N5O3. The molecule has 1 fully saturated rings. The zero-order valence-electron chi connectivity index (χ0n) is 22.8. The number of nitrogens with zero attached hydrogens (tertiary/aromatic N) is 3. The van der Waals surface area contributed by atoms with E-state index in [1.165, 1.54) is 5.56 Å². The SMILES string of the molecule is CCC(=O)CCCCC[C@H](NC(=O)c1ccc2nccnc2c1)C(=O)NCCN1CCC(c2ccccc2)C1. The fourth-order valence-corrected chi connectivity index (χ4v) is 5.13. The number of nitrogens with one attached hydrogen (secondary N) is 2. The molecule has 0 bridgehead atoms. The van der Waals surface area contributed by atoms with Crippen LogP contribution in [0.5, 0.6) is 0 Å². The number of carbonyl (C=O) groups excluding carboxylic acids is 3. The molecule has 8 nitrogen and oxygen atoms in total. The molecule has 2 aromatic carbocycles. The number of hydrogen-bond acceptors (Lipinski definition) is 6. The first kappa shape index (κ1) is 28.4. The topological polar surface area (TPSA) is 104 Å². The summed E-state index contributed by atoms with van der Waals surface area (Å²) in [7, 11) is 0. The van der Waals surface area contributed by atoms with E-state index in [1.807, 2.05) is 13.0 Å². The maximum absolute atomic E-state index is 13.2. The highest BCUT2D eigenvalue weighted by atomic mass is 16.2. The number of amides is 2. The van der Waals surface area contributed by atoms with Crippen LogP contribution in [0.2, 0.25) is 0 Å². The predicted octanol–water partition coefficient (Wildman–Crippen LogP) is 4.26. The Labute approximate surface area is 230 Å². The predicted molar refractivity (Wildman–Crippen MR) is 152 cm³/mol. The maximum atomic E-state index is 13.2. The van der Waals surface area contributed by atoms with Crippen LogP contribution >= 0.6 is 0 Å². The van der Waals surface area contributed by atoms with Crippen LogP contribution in [0.1, 0.15) is 73.7 Å². The zero-order chi connectivity index (χ0) is 27.5. The normalized spacial score (nSPS) is 16.2. The molecule has 39 heavy (non-hydrogen) atoms. The number of rotatable bonds is 14. The minimum absolute atomic E-state index is 0.174. The molecule has 8 heteroatoms. The number of aromatic nitrogens is 2. The molecule has 4 rings (SSSR count). The number of Topliss-reactive ketones (excluding diaryl/α,β-unsaturated/α-hetero) is 1. The highest BCUT2D eigenvalue weighted by molar-refractivity contribution is 5.99. The van der Waals surface area contributed by atoms with Crippen molar-refractivity contribution in [2.75, 3.05) is 26.2 Å². The molecular weight excluding hydrogens is 490 g/mol. The summed E-state index contributed by atoms with van der Waals surface area (Å²) in [6.45, 7) is 5.18. The summed E-state index contributed by atoms with van der Waals surface area (Å²) in [6, 6.07) is 15.1. The Bertz CT molecular complexity index is 1250. The standard InChI is InChI=1S/C31H39N5O3/c1-2-26(37)11-7-4-8-12-28(35-30(38)24-13-14-27-29(21-24)33-17-16-32-27)31(39)34-18-20-36-19-15-25(22-36)23-9-5-3-6-10-23/h3,5-6,9-10,13-14,16-17,21,25,28H,2,4,7-8,11-12,15,18-20,22H2,1H3,(H,34,39)(H,35,38)/t25?,28-/m0/s1. The molecule has 0 aliphatic carbocycles. The highest BCUT2D eigenvalue weighted by Crippen LogP contribution is 2.26. The fraction of sp³-hybridized carbons (Fsp3) is 0.452. The number of likely N-dealkylation sites (tertiary alicyclic amines) is 1. The first-order valence-corrected chi connectivity index (χ1v) is 14.1. The second-order valence-electron chi connectivity index (χ2n) is 10.3. The lowest BCUT2D eigenvalue weighted by molar-refractivity contribution is -0.123. The van der Waals surface area contributed by atoms with Crippen LogP contribution < -0.4 is 10.6 Å². The Kier molecular flexibility index (Phi) is 10.5. The first-order chi connectivity index (χ1) is 19.0. The van der Waals surface area contributed by atoms with Crippen molar-refractivity contribution in [1.29, 1.82) is 0 Å². The van der Waals surface area contributed by atoms with Crippen molar-refractivity contribution < 1.29 is 14.4 Å². The minimum atomic E-state index is -0.646. The Morgan fingerprint density at radius 3 is 2.59 bits per heavy atom. The summed E-state index contributed by atoms with van der Waals surface area (Å²) < 4.78 is 0. The van der Waals surface area contributed by atoms with Gasteiger partial charge in [-0.15, -0.1) is 0 Å². The molecule has 2 amide bonds. The molecule has 0 radical (unpaired) electrons. The van der Waals surface area contributed by atoms with Gasteiger partial charge in [-0.25, -0.2) is 0 Å². The second kappa shape index (κ2) is 14.5. The van der Waals surface area contributed by atoms with Crippen molar-refractivity contribution >= 4 is 28.6 Å². The van der Waals surface area contributed by atoms with E-state index in [1.54, 1.807) is 30.6 Å². The number of ketones is 1. The average molecular weight is 530 g/mol. The molecule has 2 N–H and O–H groups in total. The van der Waals surface area contributed by atoms with Gasteiger partial charge in [0.1, 0.15) is 11.8 Å². The fourth-order valence-electron chi connectivity index (χ4n) is 5.13. The van der Waals surface area contributed by atoms with Gasteiger partial charge in [0.15, 0.2) is 0 Å². The molecule has 1 aromatic heterocycles. The molecule has 0 spiro atoms. The van der Waals surface area contributed by atoms with Crippen LogP contribution in [0.3, 0.4) is 0 Å². The van der Waals surface area contributed by atoms with Gasteiger partial charge in [0, 0.05) is 50.4 Å². The minimum Gasteiger partial charge on any atom is -0.353 e. The third-order valence-electron chi connectivity index (χ3n) is 7.47. The van der Waals surface area contributed by atoms with Crippen molar-refractivity contribution in [3.63, 3.8) is 0 Å². The Morgan fingerprint density at radius 2 is 1.79 bits per heavy atom. The highest BCUT2D eigenvalue weighted by Gasteiger charge is 2.25. The van der Waals surface area contributed by atoms with Crippen molar-refractivity contribution in [1.82, 2.24) is 25.5 Å². The Balaban J connectivity index is 1.30.